The Kier molecular flexibility index (Phi) is 6.30. The zero-order valence-electron chi connectivity index (χ0n) is 12.5. The number of hydrogen-bond donors (Lipinski definition) is 1. The Morgan fingerprint density at radius 2 is 2.09 bits per heavy atom. The molecule has 2 rings (SSSR count). The lowest BCUT2D eigenvalue weighted by molar-refractivity contribution is -0.122. The van der Waals surface area contributed by atoms with Crippen molar-refractivity contribution in [3.63, 3.8) is 0 Å². The third kappa shape index (κ3) is 4.25. The molecular formula is C16H21FO5. The highest BCUT2D eigenvalue weighted by Crippen LogP contribution is 2.26. The Bertz CT molecular complexity index is 467. The highest BCUT2D eigenvalue weighted by molar-refractivity contribution is 5.89. The fourth-order valence-electron chi connectivity index (χ4n) is 2.21. The molecular weight excluding hydrogens is 291 g/mol. The van der Waals surface area contributed by atoms with Gasteiger partial charge in [-0.3, -0.25) is 0 Å². The van der Waals surface area contributed by atoms with E-state index in [9.17, 15) is 14.3 Å². The van der Waals surface area contributed by atoms with Gasteiger partial charge < -0.3 is 19.3 Å². The maximum atomic E-state index is 13.9. The number of unbranched alkanes of at least 4 members (excludes halogenated alkanes) is 1. The standard InChI is InChI=1S/C16H21FO5/c1-2-3-9-20-14-12(22-16(19)13(14)17)10-21-15(18)11-7-5-4-6-8-11/h4-8,12-14,16,19H,2-3,9-10H2,1H3/t12-,13-,14-,16?/m1/s1. The van der Waals surface area contributed by atoms with Gasteiger partial charge in [0.2, 0.25) is 0 Å². The molecule has 1 heterocycles. The van der Waals surface area contributed by atoms with Crippen molar-refractivity contribution in [2.45, 2.75) is 44.4 Å². The van der Waals surface area contributed by atoms with Crippen LogP contribution in [0, 0.1) is 0 Å². The first-order valence-corrected chi connectivity index (χ1v) is 7.45. The summed E-state index contributed by atoms with van der Waals surface area (Å²) in [4.78, 5) is 11.9. The van der Waals surface area contributed by atoms with E-state index in [2.05, 4.69) is 0 Å². The van der Waals surface area contributed by atoms with Crippen LogP contribution < -0.4 is 0 Å². The number of hydrogen-bond acceptors (Lipinski definition) is 5. The number of esters is 1. The summed E-state index contributed by atoms with van der Waals surface area (Å²) in [7, 11) is 0. The third-order valence-corrected chi connectivity index (χ3v) is 3.46. The molecule has 22 heavy (non-hydrogen) atoms. The second kappa shape index (κ2) is 8.22. The van der Waals surface area contributed by atoms with Crippen molar-refractivity contribution in [3.05, 3.63) is 35.9 Å². The zero-order valence-corrected chi connectivity index (χ0v) is 12.5. The van der Waals surface area contributed by atoms with Crippen LogP contribution in [0.2, 0.25) is 0 Å². The lowest BCUT2D eigenvalue weighted by Crippen LogP contribution is -2.35. The van der Waals surface area contributed by atoms with E-state index in [-0.39, 0.29) is 6.61 Å². The lowest BCUT2D eigenvalue weighted by Gasteiger charge is -2.19. The van der Waals surface area contributed by atoms with Crippen molar-refractivity contribution in [3.8, 4) is 0 Å². The highest BCUT2D eigenvalue weighted by Gasteiger charge is 2.45. The molecule has 1 aromatic carbocycles. The number of carbonyl (C=O) groups excluding carboxylic acids is 1. The molecule has 0 radical (unpaired) electrons. The van der Waals surface area contributed by atoms with E-state index in [4.69, 9.17) is 14.2 Å². The minimum Gasteiger partial charge on any atom is -0.459 e. The molecule has 1 unspecified atom stereocenters. The number of aliphatic hydroxyl groups is 1. The van der Waals surface area contributed by atoms with Gasteiger partial charge in [-0.1, -0.05) is 31.5 Å². The molecule has 1 N–H and O–H groups in total. The fraction of sp³-hybridized carbons (Fsp3) is 0.562. The lowest BCUT2D eigenvalue weighted by atomic mass is 10.1. The van der Waals surface area contributed by atoms with Crippen molar-refractivity contribution in [1.29, 1.82) is 0 Å². The van der Waals surface area contributed by atoms with Crippen LogP contribution in [-0.2, 0) is 14.2 Å². The quantitative estimate of drug-likeness (QED) is 0.617. The molecule has 0 spiro atoms. The Morgan fingerprint density at radius 1 is 1.36 bits per heavy atom. The first kappa shape index (κ1) is 16.9. The van der Waals surface area contributed by atoms with Crippen LogP contribution in [-0.4, -0.2) is 49.0 Å². The monoisotopic (exact) mass is 312 g/mol. The summed E-state index contributed by atoms with van der Waals surface area (Å²) in [6.07, 6.45) is -3.22. The van der Waals surface area contributed by atoms with Crippen LogP contribution in [0.25, 0.3) is 0 Å². The summed E-state index contributed by atoms with van der Waals surface area (Å²) in [5.74, 6) is -0.520. The summed E-state index contributed by atoms with van der Waals surface area (Å²) < 4.78 is 29.5. The molecule has 4 atom stereocenters. The van der Waals surface area contributed by atoms with Gasteiger partial charge >= 0.3 is 5.97 Å². The molecule has 1 aliphatic heterocycles. The summed E-state index contributed by atoms with van der Waals surface area (Å²) in [6.45, 7) is 2.21. The van der Waals surface area contributed by atoms with Crippen molar-refractivity contribution in [2.24, 2.45) is 0 Å². The topological polar surface area (TPSA) is 65.0 Å². The van der Waals surface area contributed by atoms with Crippen molar-refractivity contribution < 1.29 is 28.5 Å². The van der Waals surface area contributed by atoms with Crippen molar-refractivity contribution in [1.82, 2.24) is 0 Å². The molecule has 0 saturated carbocycles. The molecule has 6 heteroatoms. The number of aliphatic hydroxyl groups excluding tert-OH is 1. The van der Waals surface area contributed by atoms with Gasteiger partial charge in [0, 0.05) is 6.61 Å². The second-order valence-corrected chi connectivity index (χ2v) is 5.16. The molecule has 0 aliphatic carbocycles. The maximum absolute atomic E-state index is 13.9. The SMILES string of the molecule is CCCCO[C@@H]1[C@@H](COC(=O)c2ccccc2)OC(O)[C@@H]1F. The van der Waals surface area contributed by atoms with Gasteiger partial charge in [0.15, 0.2) is 12.5 Å². The average Bonchev–Trinajstić information content (AvgIpc) is 2.81. The van der Waals surface area contributed by atoms with Crippen LogP contribution in [0.1, 0.15) is 30.1 Å². The molecule has 1 fully saturated rings. The van der Waals surface area contributed by atoms with Crippen LogP contribution in [0.4, 0.5) is 4.39 Å². The Balaban J connectivity index is 1.88. The summed E-state index contributed by atoms with van der Waals surface area (Å²) in [6, 6.07) is 8.49. The Morgan fingerprint density at radius 3 is 2.77 bits per heavy atom. The van der Waals surface area contributed by atoms with E-state index in [1.807, 2.05) is 6.92 Å². The van der Waals surface area contributed by atoms with Gasteiger partial charge in [0.25, 0.3) is 0 Å². The van der Waals surface area contributed by atoms with Gasteiger partial charge in [-0.15, -0.1) is 0 Å². The first-order valence-electron chi connectivity index (χ1n) is 7.45. The fourth-order valence-corrected chi connectivity index (χ4v) is 2.21. The molecule has 1 aliphatic rings. The normalized spacial score (nSPS) is 27.8. The third-order valence-electron chi connectivity index (χ3n) is 3.46. The number of ether oxygens (including phenoxy) is 3. The summed E-state index contributed by atoms with van der Waals surface area (Å²) in [5.41, 5.74) is 0.404. The van der Waals surface area contributed by atoms with Crippen LogP contribution in [0.5, 0.6) is 0 Å². The number of benzene rings is 1. The van der Waals surface area contributed by atoms with Crippen LogP contribution in [0.3, 0.4) is 0 Å². The summed E-state index contributed by atoms with van der Waals surface area (Å²) in [5, 5.41) is 9.46. The number of alkyl halides is 1. The Labute approximate surface area is 129 Å². The zero-order chi connectivity index (χ0) is 15.9. The van der Waals surface area contributed by atoms with Gasteiger partial charge in [-0.2, -0.15) is 0 Å². The molecule has 5 nitrogen and oxygen atoms in total. The number of halogens is 1. The maximum Gasteiger partial charge on any atom is 0.338 e. The van der Waals surface area contributed by atoms with Crippen LogP contribution >= 0.6 is 0 Å². The minimum absolute atomic E-state index is 0.165. The molecule has 0 aromatic heterocycles. The van der Waals surface area contributed by atoms with E-state index >= 15 is 0 Å². The van der Waals surface area contributed by atoms with Gasteiger partial charge in [0.05, 0.1) is 5.56 Å². The highest BCUT2D eigenvalue weighted by atomic mass is 19.1. The first-order chi connectivity index (χ1) is 10.6. The molecule has 1 saturated heterocycles. The van der Waals surface area contributed by atoms with E-state index < -0.39 is 30.6 Å². The van der Waals surface area contributed by atoms with E-state index in [1.165, 1.54) is 0 Å². The van der Waals surface area contributed by atoms with Crippen LogP contribution in [0.15, 0.2) is 30.3 Å². The van der Waals surface area contributed by atoms with E-state index in [0.717, 1.165) is 12.8 Å². The average molecular weight is 312 g/mol. The molecule has 0 bridgehead atoms. The summed E-state index contributed by atoms with van der Waals surface area (Å²) >= 11 is 0. The number of carbonyl (C=O) groups is 1. The van der Waals surface area contributed by atoms with Gasteiger partial charge in [-0.25, -0.2) is 9.18 Å². The predicted molar refractivity (Wildman–Crippen MR) is 77.1 cm³/mol. The van der Waals surface area contributed by atoms with E-state index in [0.29, 0.717) is 12.2 Å². The minimum atomic E-state index is -1.64. The number of rotatable bonds is 7. The molecule has 0 amide bonds. The van der Waals surface area contributed by atoms with Gasteiger partial charge in [0.1, 0.15) is 18.8 Å². The van der Waals surface area contributed by atoms with E-state index in [1.54, 1.807) is 30.3 Å². The second-order valence-electron chi connectivity index (χ2n) is 5.16. The molecule has 122 valence electrons. The smallest absolute Gasteiger partial charge is 0.338 e. The Hall–Kier alpha value is -1.50. The molecule has 1 aromatic rings. The van der Waals surface area contributed by atoms with Crippen molar-refractivity contribution >= 4 is 5.97 Å². The van der Waals surface area contributed by atoms with Gasteiger partial charge in [-0.05, 0) is 18.6 Å². The largest absolute Gasteiger partial charge is 0.459 e. The predicted octanol–water partition coefficient (Wildman–Crippen LogP) is 2.08. The van der Waals surface area contributed by atoms with Crippen molar-refractivity contribution in [2.75, 3.05) is 13.2 Å².